The molecule has 4 amide bonds. The summed E-state index contributed by atoms with van der Waals surface area (Å²) in [5.41, 5.74) is 2.16. The molecule has 0 spiro atoms. The lowest BCUT2D eigenvalue weighted by atomic mass is 10.0. The summed E-state index contributed by atoms with van der Waals surface area (Å²) < 4.78 is 17.3. The van der Waals surface area contributed by atoms with Crippen LogP contribution >= 0.6 is 11.9 Å². The van der Waals surface area contributed by atoms with Crippen molar-refractivity contribution in [3.8, 4) is 0 Å². The third-order valence-corrected chi connectivity index (χ3v) is 8.09. The molecule has 2 fully saturated rings. The Balaban J connectivity index is 1.24. The number of carbonyl (C=O) groups excluding carboxylic acids is 4. The summed E-state index contributed by atoms with van der Waals surface area (Å²) >= 11 is 1.84. The molecule has 2 N–H and O–H groups in total. The average Bonchev–Trinajstić information content (AvgIpc) is 3.16. The van der Waals surface area contributed by atoms with E-state index in [-0.39, 0.29) is 36.3 Å². The summed E-state index contributed by atoms with van der Waals surface area (Å²) in [6, 6.07) is 9.01. The van der Waals surface area contributed by atoms with Crippen LogP contribution in [0.15, 0.2) is 36.4 Å². The van der Waals surface area contributed by atoms with Crippen molar-refractivity contribution in [1.29, 1.82) is 0 Å². The number of carbonyl (C=O) groups is 4. The maximum Gasteiger partial charge on any atom is 0.264 e. The van der Waals surface area contributed by atoms with Crippen LogP contribution in [0.5, 0.6) is 0 Å². The molecule has 0 saturated carbocycles. The number of nitrogens with one attached hydrogen (secondary N) is 2. The largest absolute Gasteiger partial charge is 0.380 e. The number of halogens is 1. The molecule has 1 unspecified atom stereocenters. The van der Waals surface area contributed by atoms with Crippen molar-refractivity contribution in [2.24, 2.45) is 0 Å². The molecule has 1 atom stereocenters. The van der Waals surface area contributed by atoms with E-state index in [9.17, 15) is 23.6 Å². The highest BCUT2D eigenvalue weighted by molar-refractivity contribution is 7.96. The average molecular weight is 540 g/mol. The SMILES string of the molecule is CCSN1CCN(Cc2ccc(CNc3cccc4c3C(=O)N(C3CCC(=O)NC3=O)C4=O)cc2F)CC1. The van der Waals surface area contributed by atoms with Crippen LogP contribution in [0.4, 0.5) is 10.1 Å². The molecule has 11 heteroatoms. The lowest BCUT2D eigenvalue weighted by Gasteiger charge is -2.33. The van der Waals surface area contributed by atoms with Crippen LogP contribution in [0.25, 0.3) is 0 Å². The number of hydrogen-bond donors (Lipinski definition) is 2. The third kappa shape index (κ3) is 5.31. The van der Waals surface area contributed by atoms with Crippen molar-refractivity contribution in [1.82, 2.24) is 19.4 Å². The van der Waals surface area contributed by atoms with Crippen LogP contribution in [-0.2, 0) is 22.7 Å². The molecule has 38 heavy (non-hydrogen) atoms. The minimum atomic E-state index is -1.03. The first-order chi connectivity index (χ1) is 18.4. The fourth-order valence-electron chi connectivity index (χ4n) is 5.13. The van der Waals surface area contributed by atoms with Crippen molar-refractivity contribution in [3.63, 3.8) is 0 Å². The van der Waals surface area contributed by atoms with E-state index in [0.29, 0.717) is 23.4 Å². The molecule has 0 aliphatic carbocycles. The fraction of sp³-hybridized carbons (Fsp3) is 0.407. The van der Waals surface area contributed by atoms with Gasteiger partial charge in [-0.15, -0.1) is 0 Å². The van der Waals surface area contributed by atoms with Gasteiger partial charge in [0.25, 0.3) is 11.8 Å². The molecule has 5 rings (SSSR count). The van der Waals surface area contributed by atoms with E-state index >= 15 is 0 Å². The van der Waals surface area contributed by atoms with Crippen LogP contribution in [0.2, 0.25) is 0 Å². The van der Waals surface area contributed by atoms with Gasteiger partial charge < -0.3 is 5.32 Å². The number of fused-ring (bicyclic) bond motifs is 1. The maximum atomic E-state index is 14.9. The van der Waals surface area contributed by atoms with Crippen LogP contribution in [-0.4, -0.2) is 75.7 Å². The summed E-state index contributed by atoms with van der Waals surface area (Å²) in [6.07, 6.45) is 0.155. The summed E-state index contributed by atoms with van der Waals surface area (Å²) in [5, 5.41) is 5.36. The van der Waals surface area contributed by atoms with Gasteiger partial charge in [-0.1, -0.05) is 37.1 Å². The molecule has 2 aromatic rings. The molecule has 3 heterocycles. The first kappa shape index (κ1) is 26.3. The van der Waals surface area contributed by atoms with E-state index in [4.69, 9.17) is 0 Å². The number of nitrogens with zero attached hydrogens (tertiary/aromatic N) is 3. The van der Waals surface area contributed by atoms with E-state index in [1.54, 1.807) is 24.3 Å². The van der Waals surface area contributed by atoms with Gasteiger partial charge >= 0.3 is 0 Å². The molecular formula is C27H30FN5O4S. The Morgan fingerprint density at radius 3 is 2.55 bits per heavy atom. The van der Waals surface area contributed by atoms with Gasteiger partial charge in [-0.05, 0) is 30.2 Å². The van der Waals surface area contributed by atoms with Gasteiger partial charge in [0.05, 0.1) is 11.1 Å². The number of amides is 4. The molecule has 200 valence electrons. The smallest absolute Gasteiger partial charge is 0.264 e. The monoisotopic (exact) mass is 539 g/mol. The van der Waals surface area contributed by atoms with Crippen molar-refractivity contribution in [2.45, 2.75) is 38.9 Å². The summed E-state index contributed by atoms with van der Waals surface area (Å²) in [6.45, 7) is 6.68. The van der Waals surface area contributed by atoms with E-state index in [2.05, 4.69) is 26.8 Å². The number of hydrogen-bond acceptors (Lipinski definition) is 8. The molecule has 0 bridgehead atoms. The fourth-order valence-corrected chi connectivity index (χ4v) is 5.92. The normalized spacial score (nSPS) is 20.6. The van der Waals surface area contributed by atoms with Crippen LogP contribution < -0.4 is 10.6 Å². The predicted molar refractivity (Wildman–Crippen MR) is 142 cm³/mol. The molecule has 3 aliphatic rings. The Morgan fingerprint density at radius 2 is 1.84 bits per heavy atom. The van der Waals surface area contributed by atoms with E-state index < -0.39 is 29.7 Å². The Morgan fingerprint density at radius 1 is 1.05 bits per heavy atom. The van der Waals surface area contributed by atoms with Gasteiger partial charge in [0.1, 0.15) is 11.9 Å². The quantitative estimate of drug-likeness (QED) is 0.390. The van der Waals surface area contributed by atoms with Crippen molar-refractivity contribution < 1.29 is 23.6 Å². The Labute approximate surface area is 224 Å². The van der Waals surface area contributed by atoms with Crippen molar-refractivity contribution in [2.75, 3.05) is 37.2 Å². The van der Waals surface area contributed by atoms with Gasteiger partial charge in [0, 0.05) is 62.7 Å². The zero-order valence-electron chi connectivity index (χ0n) is 21.2. The molecule has 2 saturated heterocycles. The zero-order chi connectivity index (χ0) is 26.8. The van der Waals surface area contributed by atoms with E-state index in [0.717, 1.165) is 36.8 Å². The number of piperazine rings is 1. The predicted octanol–water partition coefficient (Wildman–Crippen LogP) is 2.62. The number of imide groups is 2. The number of benzene rings is 2. The minimum absolute atomic E-state index is 0.0601. The molecule has 3 aliphatic heterocycles. The third-order valence-electron chi connectivity index (χ3n) is 7.11. The first-order valence-corrected chi connectivity index (χ1v) is 13.8. The maximum absolute atomic E-state index is 14.9. The van der Waals surface area contributed by atoms with Crippen molar-refractivity contribution in [3.05, 3.63) is 64.5 Å². The molecule has 0 aromatic heterocycles. The Bertz CT molecular complexity index is 1280. The second kappa shape index (κ2) is 11.2. The Hall–Kier alpha value is -3.28. The highest BCUT2D eigenvalue weighted by Crippen LogP contribution is 2.32. The second-order valence-electron chi connectivity index (χ2n) is 9.58. The number of piperidine rings is 1. The van der Waals surface area contributed by atoms with Crippen LogP contribution in [0.3, 0.4) is 0 Å². The number of anilines is 1. The molecule has 9 nitrogen and oxygen atoms in total. The first-order valence-electron chi connectivity index (χ1n) is 12.8. The van der Waals surface area contributed by atoms with Gasteiger partial charge in [0.2, 0.25) is 11.8 Å². The topological polar surface area (TPSA) is 102 Å². The molecule has 0 radical (unpaired) electrons. The minimum Gasteiger partial charge on any atom is -0.380 e. The van der Waals surface area contributed by atoms with Crippen LogP contribution in [0, 0.1) is 5.82 Å². The van der Waals surface area contributed by atoms with Gasteiger partial charge in [0.15, 0.2) is 0 Å². The summed E-state index contributed by atoms with van der Waals surface area (Å²) in [5.74, 6) is -1.43. The second-order valence-corrected chi connectivity index (χ2v) is 10.9. The summed E-state index contributed by atoms with van der Waals surface area (Å²) in [4.78, 5) is 53.3. The van der Waals surface area contributed by atoms with Gasteiger partial charge in [-0.2, -0.15) is 0 Å². The van der Waals surface area contributed by atoms with Gasteiger partial charge in [-0.25, -0.2) is 8.70 Å². The highest BCUT2D eigenvalue weighted by Gasteiger charge is 2.45. The van der Waals surface area contributed by atoms with Crippen molar-refractivity contribution >= 4 is 41.3 Å². The zero-order valence-corrected chi connectivity index (χ0v) is 22.0. The lowest BCUT2D eigenvalue weighted by molar-refractivity contribution is -0.136. The summed E-state index contributed by atoms with van der Waals surface area (Å²) in [7, 11) is 0. The molecule has 2 aromatic carbocycles. The standard InChI is InChI=1S/C27H30FN5O4S/c1-2-38-32-12-10-31(11-13-32)16-18-7-6-17(14-20(18)28)15-29-21-5-3-4-19-24(21)27(37)33(26(19)36)22-8-9-23(34)30-25(22)35/h3-7,14,22,29H,2,8-13,15-16H2,1H3,(H,30,34,35). The number of rotatable bonds is 8. The molecular weight excluding hydrogens is 509 g/mol. The van der Waals surface area contributed by atoms with Gasteiger partial charge in [-0.3, -0.25) is 34.3 Å². The van der Waals surface area contributed by atoms with E-state index in [1.807, 2.05) is 18.0 Å². The Kier molecular flexibility index (Phi) is 7.78. The lowest BCUT2D eigenvalue weighted by Crippen LogP contribution is -2.54. The van der Waals surface area contributed by atoms with E-state index in [1.165, 1.54) is 6.07 Å². The van der Waals surface area contributed by atoms with Crippen LogP contribution in [0.1, 0.15) is 51.6 Å². The highest BCUT2D eigenvalue weighted by atomic mass is 32.2.